The minimum Gasteiger partial charge on any atom is -0.480 e. The molecule has 1 saturated heterocycles. The molecule has 1 saturated carbocycles. The minimum absolute atomic E-state index is 0.266. The van der Waals surface area contributed by atoms with Crippen LogP contribution in [-0.2, 0) is 4.79 Å². The lowest BCUT2D eigenvalue weighted by molar-refractivity contribution is -0.139. The van der Waals surface area contributed by atoms with Crippen LogP contribution in [0.3, 0.4) is 0 Å². The molecule has 0 radical (unpaired) electrons. The highest BCUT2D eigenvalue weighted by Crippen LogP contribution is 2.32. The van der Waals surface area contributed by atoms with Crippen molar-refractivity contribution in [2.24, 2.45) is 5.92 Å². The molecule has 0 bridgehead atoms. The van der Waals surface area contributed by atoms with Gasteiger partial charge in [-0.2, -0.15) is 0 Å². The van der Waals surface area contributed by atoms with E-state index >= 15 is 0 Å². The van der Waals surface area contributed by atoms with Gasteiger partial charge in [0, 0.05) is 6.04 Å². The maximum atomic E-state index is 10.7. The fraction of sp³-hybridized carbons (Fsp3) is 0.889. The summed E-state index contributed by atoms with van der Waals surface area (Å²) in [6.07, 6.45) is 5.80. The standard InChI is InChI=1S/C9H15NO2/c11-9(12)8-5-6-3-1-2-4-7(6)10-8/h6-8,10H,1-5H2,(H,11,12)/t6-,7+,8?/m1/s1. The van der Waals surface area contributed by atoms with Gasteiger partial charge in [-0.05, 0) is 25.2 Å². The van der Waals surface area contributed by atoms with Gasteiger partial charge in [-0.25, -0.2) is 0 Å². The molecule has 0 aromatic carbocycles. The Balaban J connectivity index is 1.98. The van der Waals surface area contributed by atoms with Crippen LogP contribution in [0.5, 0.6) is 0 Å². The topological polar surface area (TPSA) is 49.3 Å². The number of carboxylic acid groups (broad SMARTS) is 1. The van der Waals surface area contributed by atoms with Crippen LogP contribution in [-0.4, -0.2) is 23.2 Å². The summed E-state index contributed by atoms with van der Waals surface area (Å²) < 4.78 is 0. The number of carboxylic acids is 1. The lowest BCUT2D eigenvalue weighted by Crippen LogP contribution is -2.36. The summed E-state index contributed by atoms with van der Waals surface area (Å²) in [5.41, 5.74) is 0. The van der Waals surface area contributed by atoms with E-state index in [2.05, 4.69) is 5.32 Å². The molecule has 0 amide bonds. The molecule has 0 aromatic rings. The van der Waals surface area contributed by atoms with Crippen molar-refractivity contribution in [2.45, 2.75) is 44.2 Å². The first kappa shape index (κ1) is 8.05. The number of aliphatic carboxylic acids is 1. The molecule has 0 spiro atoms. The fourth-order valence-electron chi connectivity index (χ4n) is 2.51. The van der Waals surface area contributed by atoms with Gasteiger partial charge in [-0.15, -0.1) is 0 Å². The number of hydrogen-bond donors (Lipinski definition) is 2. The van der Waals surface area contributed by atoms with Crippen molar-refractivity contribution >= 4 is 5.97 Å². The predicted molar refractivity (Wildman–Crippen MR) is 44.9 cm³/mol. The van der Waals surface area contributed by atoms with E-state index in [1.807, 2.05) is 0 Å². The Morgan fingerprint density at radius 2 is 2.08 bits per heavy atom. The molecular weight excluding hydrogens is 154 g/mol. The normalized spacial score (nSPS) is 40.8. The first-order chi connectivity index (χ1) is 5.77. The number of rotatable bonds is 1. The Morgan fingerprint density at radius 3 is 2.75 bits per heavy atom. The highest BCUT2D eigenvalue weighted by Gasteiger charge is 2.37. The highest BCUT2D eigenvalue weighted by molar-refractivity contribution is 5.74. The summed E-state index contributed by atoms with van der Waals surface area (Å²) in [5.74, 6) is -0.0377. The molecular formula is C9H15NO2. The highest BCUT2D eigenvalue weighted by atomic mass is 16.4. The van der Waals surface area contributed by atoms with Gasteiger partial charge in [0.05, 0.1) is 0 Å². The maximum Gasteiger partial charge on any atom is 0.320 e. The van der Waals surface area contributed by atoms with Gasteiger partial charge in [0.15, 0.2) is 0 Å². The van der Waals surface area contributed by atoms with Crippen molar-refractivity contribution in [1.82, 2.24) is 5.32 Å². The quantitative estimate of drug-likeness (QED) is 0.615. The van der Waals surface area contributed by atoms with Crippen molar-refractivity contribution in [1.29, 1.82) is 0 Å². The van der Waals surface area contributed by atoms with Crippen LogP contribution in [0.25, 0.3) is 0 Å². The molecule has 1 heterocycles. The predicted octanol–water partition coefficient (Wildman–Crippen LogP) is 0.992. The molecule has 2 fully saturated rings. The van der Waals surface area contributed by atoms with E-state index in [4.69, 9.17) is 5.11 Å². The van der Waals surface area contributed by atoms with Gasteiger partial charge < -0.3 is 10.4 Å². The van der Waals surface area contributed by atoms with Crippen LogP contribution < -0.4 is 5.32 Å². The van der Waals surface area contributed by atoms with Crippen molar-refractivity contribution in [3.8, 4) is 0 Å². The largest absolute Gasteiger partial charge is 0.480 e. The van der Waals surface area contributed by atoms with E-state index in [-0.39, 0.29) is 6.04 Å². The molecule has 68 valence electrons. The van der Waals surface area contributed by atoms with Crippen LogP contribution in [0.2, 0.25) is 0 Å². The van der Waals surface area contributed by atoms with Crippen molar-refractivity contribution in [3.63, 3.8) is 0 Å². The Labute approximate surface area is 72.2 Å². The average molecular weight is 169 g/mol. The molecule has 3 heteroatoms. The van der Waals surface area contributed by atoms with Gasteiger partial charge in [0.2, 0.25) is 0 Å². The van der Waals surface area contributed by atoms with Crippen LogP contribution in [0.15, 0.2) is 0 Å². The number of fused-ring (bicyclic) bond motifs is 1. The smallest absolute Gasteiger partial charge is 0.320 e. The Bertz CT molecular complexity index is 179. The Morgan fingerprint density at radius 1 is 1.33 bits per heavy atom. The lowest BCUT2D eigenvalue weighted by atomic mass is 9.85. The summed E-state index contributed by atoms with van der Waals surface area (Å²) in [7, 11) is 0. The van der Waals surface area contributed by atoms with Gasteiger partial charge in [0.1, 0.15) is 6.04 Å². The molecule has 3 atom stereocenters. The average Bonchev–Trinajstić information content (AvgIpc) is 2.46. The van der Waals surface area contributed by atoms with Crippen LogP contribution in [0, 0.1) is 5.92 Å². The van der Waals surface area contributed by atoms with Gasteiger partial charge >= 0.3 is 5.97 Å². The summed E-state index contributed by atoms with van der Waals surface area (Å²) >= 11 is 0. The monoisotopic (exact) mass is 169 g/mol. The van der Waals surface area contributed by atoms with E-state index in [0.717, 1.165) is 6.42 Å². The van der Waals surface area contributed by atoms with Gasteiger partial charge in [-0.3, -0.25) is 4.79 Å². The lowest BCUT2D eigenvalue weighted by Gasteiger charge is -2.24. The summed E-state index contributed by atoms with van der Waals surface area (Å²) in [6, 6.07) is 0.234. The van der Waals surface area contributed by atoms with Crippen molar-refractivity contribution in [3.05, 3.63) is 0 Å². The molecule has 12 heavy (non-hydrogen) atoms. The molecule has 2 rings (SSSR count). The maximum absolute atomic E-state index is 10.7. The second-order valence-corrected chi connectivity index (χ2v) is 3.94. The molecule has 2 aliphatic rings. The molecule has 1 unspecified atom stereocenters. The fourth-order valence-corrected chi connectivity index (χ4v) is 2.51. The van der Waals surface area contributed by atoms with Crippen molar-refractivity contribution < 1.29 is 9.90 Å². The van der Waals surface area contributed by atoms with Crippen LogP contribution >= 0.6 is 0 Å². The van der Waals surface area contributed by atoms with E-state index in [0.29, 0.717) is 12.0 Å². The summed E-state index contributed by atoms with van der Waals surface area (Å²) in [4.78, 5) is 10.7. The Hall–Kier alpha value is -0.570. The first-order valence-electron chi connectivity index (χ1n) is 4.76. The number of carbonyl (C=O) groups is 1. The molecule has 1 aliphatic carbocycles. The Kier molecular flexibility index (Phi) is 2.05. The minimum atomic E-state index is -0.676. The third-order valence-electron chi connectivity index (χ3n) is 3.16. The third kappa shape index (κ3) is 1.33. The molecule has 3 nitrogen and oxygen atoms in total. The SMILES string of the molecule is O=C(O)C1C[C@H]2CCCC[C@@H]2N1. The van der Waals surface area contributed by atoms with Crippen LogP contribution in [0.4, 0.5) is 0 Å². The molecule has 0 aromatic heterocycles. The second kappa shape index (κ2) is 3.05. The number of nitrogens with one attached hydrogen (secondary N) is 1. The first-order valence-corrected chi connectivity index (χ1v) is 4.76. The summed E-state index contributed by atoms with van der Waals surface area (Å²) in [5, 5.41) is 12.0. The summed E-state index contributed by atoms with van der Waals surface area (Å²) in [6.45, 7) is 0. The molecule has 1 aliphatic heterocycles. The van der Waals surface area contributed by atoms with E-state index in [1.165, 1.54) is 25.7 Å². The van der Waals surface area contributed by atoms with Gasteiger partial charge in [0.25, 0.3) is 0 Å². The van der Waals surface area contributed by atoms with Crippen molar-refractivity contribution in [2.75, 3.05) is 0 Å². The zero-order valence-corrected chi connectivity index (χ0v) is 7.12. The van der Waals surface area contributed by atoms with Crippen LogP contribution in [0.1, 0.15) is 32.1 Å². The number of hydrogen-bond acceptors (Lipinski definition) is 2. The third-order valence-corrected chi connectivity index (χ3v) is 3.16. The molecule has 2 N–H and O–H groups in total. The second-order valence-electron chi connectivity index (χ2n) is 3.94. The van der Waals surface area contributed by atoms with E-state index < -0.39 is 5.97 Å². The zero-order valence-electron chi connectivity index (χ0n) is 7.12. The van der Waals surface area contributed by atoms with E-state index in [1.54, 1.807) is 0 Å². The van der Waals surface area contributed by atoms with E-state index in [9.17, 15) is 4.79 Å². The van der Waals surface area contributed by atoms with Gasteiger partial charge in [-0.1, -0.05) is 12.8 Å². The zero-order chi connectivity index (χ0) is 8.55.